The molecule has 2 atom stereocenters. The number of rotatable bonds is 6. The Hall–Kier alpha value is -1.28. The van der Waals surface area contributed by atoms with Gasteiger partial charge in [-0.3, -0.25) is 0 Å². The van der Waals surface area contributed by atoms with E-state index in [0.717, 1.165) is 11.3 Å². The van der Waals surface area contributed by atoms with Crippen molar-refractivity contribution in [1.29, 1.82) is 0 Å². The lowest BCUT2D eigenvalue weighted by Gasteiger charge is -2.29. The maximum absolute atomic E-state index is 6.01. The molecule has 1 aromatic carbocycles. The zero-order valence-corrected chi connectivity index (χ0v) is 12.7. The predicted octanol–water partition coefficient (Wildman–Crippen LogP) is 5.04. The van der Waals surface area contributed by atoms with E-state index in [1.807, 2.05) is 37.3 Å². The summed E-state index contributed by atoms with van der Waals surface area (Å²) < 4.78 is 11.8. The average molecular weight is 274 g/mol. The topological polar surface area (TPSA) is 18.5 Å². The van der Waals surface area contributed by atoms with E-state index in [0.29, 0.717) is 5.92 Å². The number of ether oxygens (including phenoxy) is 2. The third kappa shape index (κ3) is 4.38. The third-order valence-corrected chi connectivity index (χ3v) is 4.14. The fourth-order valence-corrected chi connectivity index (χ4v) is 2.92. The second-order valence-corrected chi connectivity index (χ2v) is 5.70. The third-order valence-electron chi connectivity index (χ3n) is 4.14. The summed E-state index contributed by atoms with van der Waals surface area (Å²) in [5.74, 6) is 1.54. The maximum atomic E-state index is 6.01. The Morgan fingerprint density at radius 2 is 1.75 bits per heavy atom. The van der Waals surface area contributed by atoms with Gasteiger partial charge in [-0.1, -0.05) is 44.1 Å². The second-order valence-electron chi connectivity index (χ2n) is 5.70. The van der Waals surface area contributed by atoms with Gasteiger partial charge in [0.2, 0.25) is 0 Å². The summed E-state index contributed by atoms with van der Waals surface area (Å²) in [6.07, 6.45) is 8.55. The van der Waals surface area contributed by atoms with E-state index in [1.54, 1.807) is 0 Å². The van der Waals surface area contributed by atoms with Crippen LogP contribution < -0.4 is 4.74 Å². The Morgan fingerprint density at radius 1 is 1.10 bits per heavy atom. The molecule has 1 aromatic rings. The Morgan fingerprint density at radius 3 is 2.35 bits per heavy atom. The lowest BCUT2D eigenvalue weighted by molar-refractivity contribution is -0.122. The van der Waals surface area contributed by atoms with Gasteiger partial charge >= 0.3 is 0 Å². The summed E-state index contributed by atoms with van der Waals surface area (Å²) in [5.41, 5.74) is 1.10. The van der Waals surface area contributed by atoms with Crippen molar-refractivity contribution in [2.75, 3.05) is 0 Å². The minimum absolute atomic E-state index is 0.207. The second kappa shape index (κ2) is 7.49. The van der Waals surface area contributed by atoms with Gasteiger partial charge in [0.15, 0.2) is 6.29 Å². The molecule has 0 radical (unpaired) electrons. The minimum atomic E-state index is -0.207. The van der Waals surface area contributed by atoms with Crippen LogP contribution in [0.15, 0.2) is 30.8 Å². The van der Waals surface area contributed by atoms with Crippen molar-refractivity contribution in [2.24, 2.45) is 5.92 Å². The van der Waals surface area contributed by atoms with Crippen LogP contribution in [0, 0.1) is 5.92 Å². The normalized spacial score (nSPS) is 19.3. The van der Waals surface area contributed by atoms with Crippen LogP contribution in [0.1, 0.15) is 51.5 Å². The number of hydrogen-bond acceptors (Lipinski definition) is 2. The molecule has 2 heteroatoms. The molecule has 1 aliphatic carbocycles. The van der Waals surface area contributed by atoms with E-state index < -0.39 is 0 Å². The van der Waals surface area contributed by atoms with Crippen LogP contribution in [0.25, 0.3) is 6.08 Å². The highest BCUT2D eigenvalue weighted by Gasteiger charge is 2.22. The molecule has 1 fully saturated rings. The first kappa shape index (κ1) is 15.1. The smallest absolute Gasteiger partial charge is 0.197 e. The molecule has 0 amide bonds. The van der Waals surface area contributed by atoms with Gasteiger partial charge in [-0.2, -0.15) is 0 Å². The van der Waals surface area contributed by atoms with E-state index >= 15 is 0 Å². The molecule has 0 spiro atoms. The highest BCUT2D eigenvalue weighted by molar-refractivity contribution is 5.48. The minimum Gasteiger partial charge on any atom is -0.465 e. The van der Waals surface area contributed by atoms with Crippen LogP contribution in [0.2, 0.25) is 0 Å². The summed E-state index contributed by atoms with van der Waals surface area (Å²) >= 11 is 0. The van der Waals surface area contributed by atoms with Gasteiger partial charge in [-0.25, -0.2) is 0 Å². The number of hydrogen-bond donors (Lipinski definition) is 0. The Balaban J connectivity index is 1.81. The molecule has 1 aliphatic rings. The zero-order chi connectivity index (χ0) is 14.4. The van der Waals surface area contributed by atoms with Gasteiger partial charge < -0.3 is 9.47 Å². The van der Waals surface area contributed by atoms with Crippen molar-refractivity contribution in [3.63, 3.8) is 0 Å². The molecule has 0 heterocycles. The molecular weight excluding hydrogens is 248 g/mol. The first-order chi connectivity index (χ1) is 9.69. The first-order valence-electron chi connectivity index (χ1n) is 7.73. The van der Waals surface area contributed by atoms with E-state index in [2.05, 4.69) is 13.5 Å². The molecule has 110 valence electrons. The van der Waals surface area contributed by atoms with Crippen LogP contribution >= 0.6 is 0 Å². The molecule has 2 nitrogen and oxygen atoms in total. The van der Waals surface area contributed by atoms with Crippen LogP contribution in [-0.2, 0) is 4.74 Å². The monoisotopic (exact) mass is 274 g/mol. The Kier molecular flexibility index (Phi) is 5.66. The van der Waals surface area contributed by atoms with Gasteiger partial charge in [0.05, 0.1) is 6.10 Å². The highest BCUT2D eigenvalue weighted by atomic mass is 16.7. The standard InChI is InChI=1S/C18H26O2/c1-4-16-10-12-18(13-11-16)20-15(3)19-14(2)17-8-6-5-7-9-17/h4,10-15,17H,1,5-9H2,2-3H3. The molecule has 0 N–H and O–H groups in total. The number of benzene rings is 1. The van der Waals surface area contributed by atoms with E-state index in [-0.39, 0.29) is 12.4 Å². The van der Waals surface area contributed by atoms with Crippen LogP contribution in [0.3, 0.4) is 0 Å². The molecule has 0 saturated heterocycles. The van der Waals surface area contributed by atoms with Gasteiger partial charge in [-0.15, -0.1) is 0 Å². The molecule has 2 unspecified atom stereocenters. The van der Waals surface area contributed by atoms with Crippen molar-refractivity contribution in [1.82, 2.24) is 0 Å². The SMILES string of the molecule is C=Cc1ccc(OC(C)OC(C)C2CCCCC2)cc1. The van der Waals surface area contributed by atoms with Crippen molar-refractivity contribution in [3.05, 3.63) is 36.4 Å². The summed E-state index contributed by atoms with van der Waals surface area (Å²) in [6.45, 7) is 7.90. The molecule has 1 saturated carbocycles. The fraction of sp³-hybridized carbons (Fsp3) is 0.556. The molecule has 0 aliphatic heterocycles. The zero-order valence-electron chi connectivity index (χ0n) is 12.7. The predicted molar refractivity (Wildman–Crippen MR) is 83.7 cm³/mol. The van der Waals surface area contributed by atoms with Gasteiger partial charge in [0.25, 0.3) is 0 Å². The van der Waals surface area contributed by atoms with Crippen molar-refractivity contribution >= 4 is 6.08 Å². The molecule has 2 rings (SSSR count). The van der Waals surface area contributed by atoms with Gasteiger partial charge in [0.1, 0.15) is 5.75 Å². The Labute approximate surface area is 122 Å². The lowest BCUT2D eigenvalue weighted by Crippen LogP contribution is -2.29. The lowest BCUT2D eigenvalue weighted by atomic mass is 9.86. The van der Waals surface area contributed by atoms with Crippen LogP contribution in [-0.4, -0.2) is 12.4 Å². The van der Waals surface area contributed by atoms with Gasteiger partial charge in [0, 0.05) is 0 Å². The maximum Gasteiger partial charge on any atom is 0.197 e. The van der Waals surface area contributed by atoms with E-state index in [4.69, 9.17) is 9.47 Å². The summed E-state index contributed by atoms with van der Waals surface area (Å²) in [5, 5.41) is 0. The van der Waals surface area contributed by atoms with Crippen molar-refractivity contribution < 1.29 is 9.47 Å². The molecule has 0 aromatic heterocycles. The van der Waals surface area contributed by atoms with Crippen molar-refractivity contribution in [2.45, 2.75) is 58.3 Å². The quantitative estimate of drug-likeness (QED) is 0.677. The van der Waals surface area contributed by atoms with Crippen LogP contribution in [0.5, 0.6) is 5.75 Å². The molecule has 0 bridgehead atoms. The van der Waals surface area contributed by atoms with Gasteiger partial charge in [-0.05, 0) is 50.3 Å². The summed E-state index contributed by atoms with van der Waals surface area (Å²) in [7, 11) is 0. The summed E-state index contributed by atoms with van der Waals surface area (Å²) in [4.78, 5) is 0. The molecular formula is C18H26O2. The summed E-state index contributed by atoms with van der Waals surface area (Å²) in [6, 6.07) is 7.92. The average Bonchev–Trinajstić information content (AvgIpc) is 2.49. The van der Waals surface area contributed by atoms with E-state index in [9.17, 15) is 0 Å². The van der Waals surface area contributed by atoms with Crippen LogP contribution in [0.4, 0.5) is 0 Å². The van der Waals surface area contributed by atoms with Crippen molar-refractivity contribution in [3.8, 4) is 5.75 Å². The van der Waals surface area contributed by atoms with E-state index in [1.165, 1.54) is 32.1 Å². The Bertz CT molecular complexity index is 404. The highest BCUT2D eigenvalue weighted by Crippen LogP contribution is 2.28. The largest absolute Gasteiger partial charge is 0.465 e. The first-order valence-corrected chi connectivity index (χ1v) is 7.73. The fourth-order valence-electron chi connectivity index (χ4n) is 2.92. The molecule has 20 heavy (non-hydrogen) atoms.